The molecule has 0 bridgehead atoms. The van der Waals surface area contributed by atoms with Gasteiger partial charge in [0.1, 0.15) is 17.4 Å². The summed E-state index contributed by atoms with van der Waals surface area (Å²) in [7, 11) is 0. The number of hydrogen-bond donors (Lipinski definition) is 1. The highest BCUT2D eigenvalue weighted by Gasteiger charge is 2.11. The Morgan fingerprint density at radius 1 is 1.37 bits per heavy atom. The quantitative estimate of drug-likeness (QED) is 0.684. The molecule has 0 saturated carbocycles. The maximum Gasteiger partial charge on any atom is 0.271 e. The van der Waals surface area contributed by atoms with Crippen LogP contribution in [0.5, 0.6) is 11.6 Å². The fraction of sp³-hybridized carbons (Fsp3) is 0.0909. The molecule has 0 aliphatic rings. The first kappa shape index (κ1) is 13.0. The molecule has 8 heteroatoms. The summed E-state index contributed by atoms with van der Waals surface area (Å²) in [5.74, 6) is 1.19. The van der Waals surface area contributed by atoms with Crippen LogP contribution < -0.4 is 10.5 Å². The second kappa shape index (κ2) is 5.07. The second-order valence-electron chi connectivity index (χ2n) is 3.65. The van der Waals surface area contributed by atoms with Gasteiger partial charge in [-0.2, -0.15) is 4.98 Å². The fourth-order valence-electron chi connectivity index (χ4n) is 1.41. The molecule has 0 unspecified atom stereocenters. The van der Waals surface area contributed by atoms with Crippen molar-refractivity contribution in [3.63, 3.8) is 0 Å². The van der Waals surface area contributed by atoms with Crippen molar-refractivity contribution >= 4 is 23.1 Å². The van der Waals surface area contributed by atoms with E-state index in [2.05, 4.69) is 9.97 Å². The minimum Gasteiger partial charge on any atom is -0.437 e. The van der Waals surface area contributed by atoms with Crippen LogP contribution in [0.2, 0.25) is 5.02 Å². The van der Waals surface area contributed by atoms with E-state index in [1.54, 1.807) is 6.92 Å². The molecule has 0 amide bonds. The van der Waals surface area contributed by atoms with Crippen LogP contribution in [0.3, 0.4) is 0 Å². The van der Waals surface area contributed by atoms with Crippen LogP contribution in [0.25, 0.3) is 0 Å². The first-order valence-corrected chi connectivity index (χ1v) is 5.56. The van der Waals surface area contributed by atoms with Gasteiger partial charge in [-0.15, -0.1) is 0 Å². The van der Waals surface area contributed by atoms with Crippen molar-refractivity contribution in [2.24, 2.45) is 0 Å². The van der Waals surface area contributed by atoms with Gasteiger partial charge in [0, 0.05) is 18.2 Å². The van der Waals surface area contributed by atoms with E-state index < -0.39 is 4.92 Å². The number of rotatable bonds is 3. The number of aryl methyl sites for hydroxylation is 1. The molecule has 0 saturated heterocycles. The molecule has 1 aromatic heterocycles. The van der Waals surface area contributed by atoms with Crippen molar-refractivity contribution in [2.45, 2.75) is 6.92 Å². The molecular formula is C11H9ClN4O3. The molecule has 2 N–H and O–H groups in total. The number of ether oxygens (including phenoxy) is 1. The SMILES string of the molecule is Cc1nc(N)cc(Oc2ccc([N+](=O)[O-])cc2Cl)n1. The molecule has 2 aromatic rings. The van der Waals surface area contributed by atoms with E-state index in [0.29, 0.717) is 5.82 Å². The summed E-state index contributed by atoms with van der Waals surface area (Å²) in [5.41, 5.74) is 5.45. The number of aromatic nitrogens is 2. The highest BCUT2D eigenvalue weighted by atomic mass is 35.5. The van der Waals surface area contributed by atoms with Gasteiger partial charge < -0.3 is 10.5 Å². The van der Waals surface area contributed by atoms with E-state index in [1.165, 1.54) is 24.3 Å². The Morgan fingerprint density at radius 2 is 2.11 bits per heavy atom. The highest BCUT2D eigenvalue weighted by Crippen LogP contribution is 2.31. The number of nitrogens with two attached hydrogens (primary N) is 1. The van der Waals surface area contributed by atoms with Gasteiger partial charge in [0.2, 0.25) is 5.88 Å². The average Bonchev–Trinajstić information content (AvgIpc) is 2.30. The maximum absolute atomic E-state index is 10.6. The van der Waals surface area contributed by atoms with Gasteiger partial charge in [0.25, 0.3) is 5.69 Å². The number of anilines is 1. The standard InChI is InChI=1S/C11H9ClN4O3/c1-6-14-10(13)5-11(15-6)19-9-3-2-7(16(17)18)4-8(9)12/h2-5H,1H3,(H2,13,14,15). The lowest BCUT2D eigenvalue weighted by molar-refractivity contribution is -0.384. The first-order valence-electron chi connectivity index (χ1n) is 5.18. The third-order valence-corrected chi connectivity index (χ3v) is 2.47. The maximum atomic E-state index is 10.6. The van der Waals surface area contributed by atoms with Crippen LogP contribution in [-0.2, 0) is 0 Å². The number of nitrogens with zero attached hydrogens (tertiary/aromatic N) is 3. The van der Waals surface area contributed by atoms with E-state index in [0.717, 1.165) is 0 Å². The Balaban J connectivity index is 2.30. The monoisotopic (exact) mass is 280 g/mol. The molecule has 2 rings (SSSR count). The summed E-state index contributed by atoms with van der Waals surface area (Å²) >= 11 is 5.90. The summed E-state index contributed by atoms with van der Waals surface area (Å²) in [6.45, 7) is 1.67. The molecule has 1 heterocycles. The van der Waals surface area contributed by atoms with Crippen molar-refractivity contribution in [3.05, 3.63) is 45.2 Å². The summed E-state index contributed by atoms with van der Waals surface area (Å²) in [6.07, 6.45) is 0. The summed E-state index contributed by atoms with van der Waals surface area (Å²) in [4.78, 5) is 18.0. The van der Waals surface area contributed by atoms with Crippen molar-refractivity contribution in [2.75, 3.05) is 5.73 Å². The van der Waals surface area contributed by atoms with E-state index >= 15 is 0 Å². The third kappa shape index (κ3) is 3.08. The Labute approximate surface area is 113 Å². The van der Waals surface area contributed by atoms with Crippen LogP contribution in [0, 0.1) is 17.0 Å². The van der Waals surface area contributed by atoms with E-state index in [1.807, 2.05) is 0 Å². The Bertz CT molecular complexity index is 628. The van der Waals surface area contributed by atoms with E-state index in [-0.39, 0.29) is 28.2 Å². The minimum atomic E-state index is -0.539. The van der Waals surface area contributed by atoms with E-state index in [9.17, 15) is 10.1 Å². The molecule has 19 heavy (non-hydrogen) atoms. The summed E-state index contributed by atoms with van der Waals surface area (Å²) in [5, 5.41) is 10.7. The van der Waals surface area contributed by atoms with Crippen LogP contribution >= 0.6 is 11.6 Å². The lowest BCUT2D eigenvalue weighted by Crippen LogP contribution is -1.98. The molecule has 0 aliphatic carbocycles. The van der Waals surface area contributed by atoms with Gasteiger partial charge in [-0.1, -0.05) is 11.6 Å². The number of hydrogen-bond acceptors (Lipinski definition) is 6. The first-order chi connectivity index (χ1) is 8.95. The normalized spacial score (nSPS) is 10.2. The summed E-state index contributed by atoms with van der Waals surface area (Å²) in [6, 6.07) is 5.33. The predicted molar refractivity (Wildman–Crippen MR) is 69.4 cm³/mol. The number of nitro benzene ring substituents is 1. The van der Waals surface area contributed by atoms with Gasteiger partial charge in [0.15, 0.2) is 0 Å². The number of halogens is 1. The fourth-order valence-corrected chi connectivity index (χ4v) is 1.63. The van der Waals surface area contributed by atoms with Crippen molar-refractivity contribution in [3.8, 4) is 11.6 Å². The highest BCUT2D eigenvalue weighted by molar-refractivity contribution is 6.32. The number of non-ortho nitro benzene ring substituents is 1. The van der Waals surface area contributed by atoms with Crippen molar-refractivity contribution in [1.82, 2.24) is 9.97 Å². The second-order valence-corrected chi connectivity index (χ2v) is 4.06. The molecule has 1 aromatic carbocycles. The Kier molecular flexibility index (Phi) is 3.48. The number of nitro groups is 1. The smallest absolute Gasteiger partial charge is 0.271 e. The van der Waals surface area contributed by atoms with Crippen LogP contribution in [-0.4, -0.2) is 14.9 Å². The van der Waals surface area contributed by atoms with Crippen LogP contribution in [0.15, 0.2) is 24.3 Å². The van der Waals surface area contributed by atoms with Crippen LogP contribution in [0.4, 0.5) is 11.5 Å². The zero-order valence-electron chi connectivity index (χ0n) is 9.83. The zero-order valence-corrected chi connectivity index (χ0v) is 10.6. The lowest BCUT2D eigenvalue weighted by Gasteiger charge is -2.07. The third-order valence-electron chi connectivity index (χ3n) is 2.18. The van der Waals surface area contributed by atoms with E-state index in [4.69, 9.17) is 22.1 Å². The Hall–Kier alpha value is -2.41. The number of benzene rings is 1. The molecule has 0 aliphatic heterocycles. The molecule has 98 valence electrons. The zero-order chi connectivity index (χ0) is 14.0. The van der Waals surface area contributed by atoms with Crippen LogP contribution in [0.1, 0.15) is 5.82 Å². The lowest BCUT2D eigenvalue weighted by atomic mass is 10.3. The Morgan fingerprint density at radius 3 is 2.68 bits per heavy atom. The molecule has 0 atom stereocenters. The predicted octanol–water partition coefficient (Wildman–Crippen LogP) is 2.72. The minimum absolute atomic E-state index is 0.115. The van der Waals surface area contributed by atoms with Gasteiger partial charge >= 0.3 is 0 Å². The molecular weight excluding hydrogens is 272 g/mol. The summed E-state index contributed by atoms with van der Waals surface area (Å²) < 4.78 is 5.42. The topological polar surface area (TPSA) is 104 Å². The largest absolute Gasteiger partial charge is 0.437 e. The van der Waals surface area contributed by atoms with Gasteiger partial charge in [0.05, 0.1) is 9.95 Å². The average molecular weight is 281 g/mol. The van der Waals surface area contributed by atoms with Crippen molar-refractivity contribution < 1.29 is 9.66 Å². The van der Waals surface area contributed by atoms with Crippen molar-refractivity contribution in [1.29, 1.82) is 0 Å². The van der Waals surface area contributed by atoms with Gasteiger partial charge in [-0.05, 0) is 13.0 Å². The molecule has 7 nitrogen and oxygen atoms in total. The van der Waals surface area contributed by atoms with Gasteiger partial charge in [-0.3, -0.25) is 10.1 Å². The molecule has 0 fully saturated rings. The molecule has 0 radical (unpaired) electrons. The van der Waals surface area contributed by atoms with Gasteiger partial charge in [-0.25, -0.2) is 4.98 Å². The number of nitrogen functional groups attached to an aromatic ring is 1. The molecule has 0 spiro atoms.